The predicted molar refractivity (Wildman–Crippen MR) is 210 cm³/mol. The second-order valence-corrected chi connectivity index (χ2v) is 34.4. The first-order valence-electron chi connectivity index (χ1n) is 18.2. The number of nitrogens with one attached hydrogen (secondary N) is 1. The standard InChI is InChI=1S/C31H76N2O12Si5/c1-13-31(41-29-28-40-27-26-39-25-24-38-23-22-37-21-20-36-19-18-35-17-16-34-2)50(12,43-47(6,7)8)45-48(9,10)44-49(11,30-33-15-14-32)42-46(3,4)5/h31,33H,13-30,32H2,1-12H3. The minimum absolute atomic E-state index is 0.176. The first-order chi connectivity index (χ1) is 23.4. The maximum atomic E-state index is 7.04. The summed E-state index contributed by atoms with van der Waals surface area (Å²) >= 11 is 0. The minimum Gasteiger partial charge on any atom is -0.436 e. The van der Waals surface area contributed by atoms with E-state index in [2.05, 4.69) is 77.7 Å². The molecule has 0 amide bonds. The van der Waals surface area contributed by atoms with Gasteiger partial charge in [-0.1, -0.05) is 6.92 Å². The van der Waals surface area contributed by atoms with Gasteiger partial charge in [-0.2, -0.15) is 0 Å². The molecule has 0 rings (SSSR count). The highest BCUT2D eigenvalue weighted by molar-refractivity contribution is 6.91. The normalized spacial score (nSPS) is 16.0. The van der Waals surface area contributed by atoms with Crippen LogP contribution in [-0.2, 0) is 54.4 Å². The zero-order chi connectivity index (χ0) is 38.0. The van der Waals surface area contributed by atoms with Crippen molar-refractivity contribution in [2.45, 2.75) is 84.5 Å². The summed E-state index contributed by atoms with van der Waals surface area (Å²) in [4.78, 5) is 0. The van der Waals surface area contributed by atoms with Gasteiger partial charge in [-0.3, -0.25) is 0 Å². The quantitative estimate of drug-likeness (QED) is 0.0700. The van der Waals surface area contributed by atoms with Gasteiger partial charge in [-0.05, 0) is 71.9 Å². The molecular formula is C31H76N2O12Si5. The number of nitrogens with two attached hydrogens (primary N) is 1. The Balaban J connectivity index is 4.54. The molecule has 14 nitrogen and oxygen atoms in total. The average molecular weight is 809 g/mol. The van der Waals surface area contributed by atoms with Crippen LogP contribution in [0.3, 0.4) is 0 Å². The van der Waals surface area contributed by atoms with Crippen LogP contribution < -0.4 is 11.1 Å². The van der Waals surface area contributed by atoms with Crippen LogP contribution in [0.2, 0.25) is 65.5 Å². The van der Waals surface area contributed by atoms with E-state index in [0.29, 0.717) is 112 Å². The highest BCUT2D eigenvalue weighted by atomic mass is 28.5. The summed E-state index contributed by atoms with van der Waals surface area (Å²) in [5, 5.41) is 3.43. The molecule has 0 fully saturated rings. The van der Waals surface area contributed by atoms with Gasteiger partial charge in [0, 0.05) is 26.4 Å². The molecule has 19 heteroatoms. The SMILES string of the molecule is CCC(OCCOCCOCCOCCOCCOCCOCCOC)[Si](C)(O[Si](C)(C)C)O[Si](C)(C)O[Si](C)(CNCCN)O[Si](C)(C)C. The lowest BCUT2D eigenvalue weighted by molar-refractivity contribution is -0.0248. The molecule has 0 aromatic rings. The van der Waals surface area contributed by atoms with Crippen LogP contribution in [0.5, 0.6) is 0 Å². The van der Waals surface area contributed by atoms with Crippen LogP contribution in [0, 0.1) is 0 Å². The fourth-order valence-corrected chi connectivity index (χ4v) is 28.3. The summed E-state index contributed by atoms with van der Waals surface area (Å²) in [5.41, 5.74) is 5.57. The molecule has 3 unspecified atom stereocenters. The average Bonchev–Trinajstić information content (AvgIpc) is 2.97. The number of rotatable bonds is 36. The van der Waals surface area contributed by atoms with Crippen molar-refractivity contribution in [3.05, 3.63) is 0 Å². The van der Waals surface area contributed by atoms with E-state index in [1.165, 1.54) is 0 Å². The Morgan fingerprint density at radius 2 is 0.920 bits per heavy atom. The van der Waals surface area contributed by atoms with Gasteiger partial charge in [0.05, 0.1) is 98.2 Å². The summed E-state index contributed by atoms with van der Waals surface area (Å²) in [6.07, 6.45) is 1.42. The predicted octanol–water partition coefficient (Wildman–Crippen LogP) is 3.74. The van der Waals surface area contributed by atoms with Crippen molar-refractivity contribution < 1.29 is 54.4 Å². The number of methoxy groups -OCH3 is 1. The molecule has 0 aromatic heterocycles. The Kier molecular flexibility index (Phi) is 28.3. The monoisotopic (exact) mass is 808 g/mol. The topological polar surface area (TPSA) is 149 Å². The van der Waals surface area contributed by atoms with Crippen LogP contribution in [-0.4, -0.2) is 167 Å². The fraction of sp³-hybridized carbons (Fsp3) is 1.00. The highest BCUT2D eigenvalue weighted by Crippen LogP contribution is 2.30. The lowest BCUT2D eigenvalue weighted by atomic mass is 10.5. The van der Waals surface area contributed by atoms with Crippen molar-refractivity contribution in [1.29, 1.82) is 0 Å². The van der Waals surface area contributed by atoms with Gasteiger partial charge >= 0.3 is 25.7 Å². The van der Waals surface area contributed by atoms with Crippen molar-refractivity contribution in [2.75, 3.05) is 119 Å². The maximum Gasteiger partial charge on any atom is 0.345 e. The summed E-state index contributed by atoms with van der Waals surface area (Å²) in [6, 6.07) is 0. The van der Waals surface area contributed by atoms with E-state index in [0.717, 1.165) is 6.42 Å². The number of hydrogen-bond acceptors (Lipinski definition) is 14. The van der Waals surface area contributed by atoms with Gasteiger partial charge in [0.25, 0.3) is 0 Å². The summed E-state index contributed by atoms with van der Waals surface area (Å²) in [6.45, 7) is 32.2. The number of hydrogen-bond donors (Lipinski definition) is 2. The fourth-order valence-electron chi connectivity index (χ4n) is 5.18. The summed E-state index contributed by atoms with van der Waals surface area (Å²) in [5.74, 6) is 0. The second kappa shape index (κ2) is 28.0. The smallest absolute Gasteiger partial charge is 0.345 e. The van der Waals surface area contributed by atoms with Gasteiger partial charge < -0.3 is 65.4 Å². The van der Waals surface area contributed by atoms with E-state index < -0.39 is 42.3 Å². The van der Waals surface area contributed by atoms with Crippen molar-refractivity contribution >= 4 is 42.3 Å². The first-order valence-corrected chi connectivity index (χ1v) is 32.7. The van der Waals surface area contributed by atoms with Gasteiger partial charge in [0.2, 0.25) is 0 Å². The van der Waals surface area contributed by atoms with E-state index in [4.69, 9.17) is 60.1 Å². The van der Waals surface area contributed by atoms with Gasteiger partial charge in [0.1, 0.15) is 0 Å². The Labute approximate surface area is 310 Å². The van der Waals surface area contributed by atoms with Gasteiger partial charge in [-0.25, -0.2) is 0 Å². The molecule has 0 aliphatic heterocycles. The molecular weight excluding hydrogens is 733 g/mol. The minimum atomic E-state index is -2.87. The molecule has 3 atom stereocenters. The molecule has 0 aliphatic rings. The second-order valence-electron chi connectivity index (χ2n) is 14.6. The highest BCUT2D eigenvalue weighted by Gasteiger charge is 2.52. The van der Waals surface area contributed by atoms with E-state index in [1.54, 1.807) is 7.11 Å². The largest absolute Gasteiger partial charge is 0.436 e. The third-order valence-electron chi connectivity index (χ3n) is 6.50. The molecule has 302 valence electrons. The Morgan fingerprint density at radius 3 is 1.28 bits per heavy atom. The van der Waals surface area contributed by atoms with Crippen molar-refractivity contribution in [2.24, 2.45) is 5.73 Å². The molecule has 3 N–H and O–H groups in total. The first kappa shape index (κ1) is 50.5. The zero-order valence-corrected chi connectivity index (χ0v) is 38.8. The molecule has 0 radical (unpaired) electrons. The molecule has 0 bridgehead atoms. The van der Waals surface area contributed by atoms with Crippen LogP contribution >= 0.6 is 0 Å². The maximum absolute atomic E-state index is 7.04. The molecule has 0 aromatic carbocycles. The lowest BCUT2D eigenvalue weighted by Crippen LogP contribution is -2.66. The van der Waals surface area contributed by atoms with Crippen molar-refractivity contribution in [3.8, 4) is 0 Å². The molecule has 0 heterocycles. The van der Waals surface area contributed by atoms with Crippen molar-refractivity contribution in [3.63, 3.8) is 0 Å². The molecule has 0 saturated carbocycles. The van der Waals surface area contributed by atoms with E-state index in [1.807, 2.05) is 0 Å². The Bertz CT molecular complexity index is 817. The van der Waals surface area contributed by atoms with Crippen LogP contribution in [0.1, 0.15) is 13.3 Å². The third-order valence-corrected chi connectivity index (χ3v) is 24.7. The third kappa shape index (κ3) is 29.0. The number of ether oxygens (including phenoxy) is 8. The molecule has 0 aliphatic carbocycles. The Morgan fingerprint density at radius 1 is 0.520 bits per heavy atom. The van der Waals surface area contributed by atoms with Crippen LogP contribution in [0.25, 0.3) is 0 Å². The zero-order valence-electron chi connectivity index (χ0n) is 33.8. The van der Waals surface area contributed by atoms with E-state index in [9.17, 15) is 0 Å². The lowest BCUT2D eigenvalue weighted by Gasteiger charge is -2.45. The van der Waals surface area contributed by atoms with Gasteiger partial charge in [-0.15, -0.1) is 0 Å². The summed E-state index contributed by atoms with van der Waals surface area (Å²) in [7, 11) is -10.4. The molecule has 0 saturated heterocycles. The Hall–Kier alpha value is 0.524. The molecule has 50 heavy (non-hydrogen) atoms. The van der Waals surface area contributed by atoms with Gasteiger partial charge in [0.15, 0.2) is 16.6 Å². The van der Waals surface area contributed by atoms with E-state index >= 15 is 0 Å². The van der Waals surface area contributed by atoms with E-state index in [-0.39, 0.29) is 5.73 Å². The van der Waals surface area contributed by atoms with Crippen molar-refractivity contribution in [1.82, 2.24) is 5.32 Å². The van der Waals surface area contributed by atoms with Crippen LogP contribution in [0.15, 0.2) is 0 Å². The van der Waals surface area contributed by atoms with Crippen LogP contribution in [0.4, 0.5) is 0 Å². The summed E-state index contributed by atoms with van der Waals surface area (Å²) < 4.78 is 72.1. The molecule has 0 spiro atoms.